The van der Waals surface area contributed by atoms with Gasteiger partial charge < -0.3 is 10.2 Å². The number of nitrogens with zero attached hydrogens (tertiary/aromatic N) is 1. The van der Waals surface area contributed by atoms with Crippen molar-refractivity contribution in [1.29, 1.82) is 0 Å². The summed E-state index contributed by atoms with van der Waals surface area (Å²) in [6, 6.07) is 10.5. The predicted molar refractivity (Wildman–Crippen MR) is 77.9 cm³/mol. The van der Waals surface area contributed by atoms with Crippen LogP contribution in [0.15, 0.2) is 30.3 Å². The first-order valence-corrected chi connectivity index (χ1v) is 7.13. The van der Waals surface area contributed by atoms with Crippen LogP contribution in [0.4, 0.5) is 0 Å². The lowest BCUT2D eigenvalue weighted by molar-refractivity contribution is -0.136. The molecular weight excluding hydrogens is 236 g/mol. The SMILES string of the molecule is CCCC(=O)N1CC(C)(C)NCC1c1ccccc1. The van der Waals surface area contributed by atoms with E-state index >= 15 is 0 Å². The largest absolute Gasteiger partial charge is 0.333 e. The number of benzene rings is 1. The standard InChI is InChI=1S/C16H24N2O/c1-4-8-15(19)18-12-16(2,3)17-11-14(18)13-9-6-5-7-10-13/h5-7,9-10,14,17H,4,8,11-12H2,1-3H3. The van der Waals surface area contributed by atoms with Crippen molar-refractivity contribution in [3.8, 4) is 0 Å². The molecule has 1 aliphatic rings. The fraction of sp³-hybridized carbons (Fsp3) is 0.562. The fourth-order valence-electron chi connectivity index (χ4n) is 2.67. The van der Waals surface area contributed by atoms with Gasteiger partial charge in [-0.15, -0.1) is 0 Å². The monoisotopic (exact) mass is 260 g/mol. The van der Waals surface area contributed by atoms with Gasteiger partial charge in [-0.25, -0.2) is 0 Å². The number of piperazine rings is 1. The first-order chi connectivity index (χ1) is 9.03. The average molecular weight is 260 g/mol. The van der Waals surface area contributed by atoms with E-state index in [4.69, 9.17) is 0 Å². The number of hydrogen-bond donors (Lipinski definition) is 1. The minimum atomic E-state index is -0.00528. The van der Waals surface area contributed by atoms with Crippen LogP contribution in [0.3, 0.4) is 0 Å². The molecule has 1 saturated heterocycles. The number of hydrogen-bond acceptors (Lipinski definition) is 2. The van der Waals surface area contributed by atoms with E-state index < -0.39 is 0 Å². The summed E-state index contributed by atoms with van der Waals surface area (Å²) in [5.74, 6) is 0.269. The molecule has 1 aliphatic heterocycles. The molecule has 3 nitrogen and oxygen atoms in total. The molecule has 0 aliphatic carbocycles. The van der Waals surface area contributed by atoms with Gasteiger partial charge in [-0.3, -0.25) is 4.79 Å². The first-order valence-electron chi connectivity index (χ1n) is 7.13. The van der Waals surface area contributed by atoms with Crippen LogP contribution in [0, 0.1) is 0 Å². The van der Waals surface area contributed by atoms with Crippen molar-refractivity contribution in [3.05, 3.63) is 35.9 Å². The molecule has 0 saturated carbocycles. The Bertz CT molecular complexity index is 428. The van der Waals surface area contributed by atoms with Crippen LogP contribution in [-0.2, 0) is 4.79 Å². The lowest BCUT2D eigenvalue weighted by Gasteiger charge is -2.45. The zero-order chi connectivity index (χ0) is 13.9. The normalized spacial score (nSPS) is 22.3. The third-order valence-corrected chi connectivity index (χ3v) is 3.68. The maximum Gasteiger partial charge on any atom is 0.223 e. The van der Waals surface area contributed by atoms with Crippen LogP contribution in [0.2, 0.25) is 0 Å². The molecular formula is C16H24N2O. The summed E-state index contributed by atoms with van der Waals surface area (Å²) < 4.78 is 0. The van der Waals surface area contributed by atoms with E-state index in [9.17, 15) is 4.79 Å². The summed E-state index contributed by atoms with van der Waals surface area (Å²) in [5.41, 5.74) is 1.21. The van der Waals surface area contributed by atoms with Gasteiger partial charge >= 0.3 is 0 Å². The number of rotatable bonds is 3. The van der Waals surface area contributed by atoms with E-state index in [0.29, 0.717) is 6.42 Å². The highest BCUT2D eigenvalue weighted by molar-refractivity contribution is 5.77. The van der Waals surface area contributed by atoms with E-state index in [2.05, 4.69) is 43.1 Å². The lowest BCUT2D eigenvalue weighted by Crippen LogP contribution is -2.59. The van der Waals surface area contributed by atoms with Gasteiger partial charge in [-0.2, -0.15) is 0 Å². The third-order valence-electron chi connectivity index (χ3n) is 3.68. The van der Waals surface area contributed by atoms with Crippen molar-refractivity contribution in [1.82, 2.24) is 10.2 Å². The Balaban J connectivity index is 2.23. The highest BCUT2D eigenvalue weighted by Gasteiger charge is 2.35. The Morgan fingerprint density at radius 1 is 1.37 bits per heavy atom. The van der Waals surface area contributed by atoms with Gasteiger partial charge in [0, 0.05) is 25.0 Å². The summed E-state index contributed by atoms with van der Waals surface area (Å²) in [5, 5.41) is 3.54. The van der Waals surface area contributed by atoms with Gasteiger partial charge in [0.15, 0.2) is 0 Å². The van der Waals surface area contributed by atoms with Crippen molar-refractivity contribution < 1.29 is 4.79 Å². The lowest BCUT2D eigenvalue weighted by atomic mass is 9.94. The number of carbonyl (C=O) groups excluding carboxylic acids is 1. The molecule has 1 aromatic carbocycles. The zero-order valence-corrected chi connectivity index (χ0v) is 12.1. The number of nitrogens with one attached hydrogen (secondary N) is 1. The summed E-state index contributed by atoms with van der Waals surface area (Å²) in [6.07, 6.45) is 1.55. The Hall–Kier alpha value is -1.35. The van der Waals surface area contributed by atoms with Gasteiger partial charge in [-0.05, 0) is 25.8 Å². The molecule has 0 spiro atoms. The topological polar surface area (TPSA) is 32.3 Å². The van der Waals surface area contributed by atoms with Gasteiger partial charge in [0.05, 0.1) is 6.04 Å². The molecule has 0 radical (unpaired) electrons. The molecule has 1 aromatic rings. The van der Waals surface area contributed by atoms with Crippen molar-refractivity contribution in [2.45, 2.75) is 45.2 Å². The van der Waals surface area contributed by atoms with E-state index in [-0.39, 0.29) is 17.5 Å². The zero-order valence-electron chi connectivity index (χ0n) is 12.1. The smallest absolute Gasteiger partial charge is 0.223 e. The quantitative estimate of drug-likeness (QED) is 0.906. The maximum absolute atomic E-state index is 12.4. The second kappa shape index (κ2) is 5.74. The second-order valence-electron chi connectivity index (χ2n) is 5.96. The molecule has 2 rings (SSSR count). The van der Waals surface area contributed by atoms with Gasteiger partial charge in [0.2, 0.25) is 5.91 Å². The molecule has 0 aromatic heterocycles. The summed E-state index contributed by atoms with van der Waals surface area (Å²) in [7, 11) is 0. The van der Waals surface area contributed by atoms with Crippen LogP contribution in [0.5, 0.6) is 0 Å². The van der Waals surface area contributed by atoms with E-state index in [0.717, 1.165) is 19.5 Å². The summed E-state index contributed by atoms with van der Waals surface area (Å²) in [4.78, 5) is 14.4. The van der Waals surface area contributed by atoms with Gasteiger partial charge in [0.1, 0.15) is 0 Å². The molecule has 3 heteroatoms. The van der Waals surface area contributed by atoms with E-state index in [1.807, 2.05) is 18.2 Å². The second-order valence-corrected chi connectivity index (χ2v) is 5.96. The molecule has 1 N–H and O–H groups in total. The Labute approximate surface area is 116 Å². The van der Waals surface area contributed by atoms with Crippen LogP contribution in [0.1, 0.15) is 45.2 Å². The predicted octanol–water partition coefficient (Wildman–Crippen LogP) is 2.74. The highest BCUT2D eigenvalue weighted by Crippen LogP contribution is 2.27. The van der Waals surface area contributed by atoms with Crippen molar-refractivity contribution in [2.24, 2.45) is 0 Å². The molecule has 1 heterocycles. The van der Waals surface area contributed by atoms with Gasteiger partial charge in [-0.1, -0.05) is 37.3 Å². The molecule has 19 heavy (non-hydrogen) atoms. The van der Waals surface area contributed by atoms with E-state index in [1.54, 1.807) is 0 Å². The Morgan fingerprint density at radius 3 is 2.68 bits per heavy atom. The van der Waals surface area contributed by atoms with Crippen LogP contribution >= 0.6 is 0 Å². The molecule has 104 valence electrons. The number of amides is 1. The molecule has 1 fully saturated rings. The Morgan fingerprint density at radius 2 is 2.05 bits per heavy atom. The minimum Gasteiger partial charge on any atom is -0.333 e. The van der Waals surface area contributed by atoms with Crippen LogP contribution in [0.25, 0.3) is 0 Å². The number of carbonyl (C=O) groups is 1. The van der Waals surface area contributed by atoms with E-state index in [1.165, 1.54) is 5.56 Å². The Kier molecular flexibility index (Phi) is 4.25. The fourth-order valence-corrected chi connectivity index (χ4v) is 2.67. The minimum absolute atomic E-state index is 0.00528. The molecule has 0 bridgehead atoms. The average Bonchev–Trinajstić information content (AvgIpc) is 2.39. The maximum atomic E-state index is 12.4. The van der Waals surface area contributed by atoms with Gasteiger partial charge in [0.25, 0.3) is 0 Å². The summed E-state index contributed by atoms with van der Waals surface area (Å²) in [6.45, 7) is 7.96. The highest BCUT2D eigenvalue weighted by atomic mass is 16.2. The van der Waals surface area contributed by atoms with Crippen molar-refractivity contribution in [3.63, 3.8) is 0 Å². The van der Waals surface area contributed by atoms with Crippen LogP contribution < -0.4 is 5.32 Å². The molecule has 1 unspecified atom stereocenters. The molecule has 1 atom stereocenters. The summed E-state index contributed by atoms with van der Waals surface area (Å²) >= 11 is 0. The molecule has 1 amide bonds. The van der Waals surface area contributed by atoms with Crippen molar-refractivity contribution in [2.75, 3.05) is 13.1 Å². The third kappa shape index (κ3) is 3.35. The van der Waals surface area contributed by atoms with Crippen molar-refractivity contribution >= 4 is 5.91 Å². The first kappa shape index (κ1) is 14.1. The van der Waals surface area contributed by atoms with Crippen LogP contribution in [-0.4, -0.2) is 29.4 Å².